The Morgan fingerprint density at radius 1 is 0.974 bits per heavy atom. The zero-order valence-electron chi connectivity index (χ0n) is 24.1. The smallest absolute Gasteiger partial charge is 0.408 e. The van der Waals surface area contributed by atoms with Crippen LogP contribution in [0.15, 0.2) is 24.3 Å². The van der Waals surface area contributed by atoms with Crippen molar-refractivity contribution in [2.24, 2.45) is 5.73 Å². The number of ether oxygens (including phenoxy) is 1. The van der Waals surface area contributed by atoms with Gasteiger partial charge >= 0.3 is 6.09 Å². The molecule has 214 valence electrons. The van der Waals surface area contributed by atoms with Crippen LogP contribution in [0.5, 0.6) is 0 Å². The standard InChI is InChI=1S/C29H48N4O5/c1-7-9-11-15-19-33(27(36)23(20-24(30)34)32-28(37)38-29(4,5)6)25(22-17-13-12-16-21(22)3)26(35)31-18-14-10-8-2/h12-13,16-17,23,25H,7-11,14-15,18-20H2,1-6H3,(H2,30,34)(H,31,35)(H,32,37). The van der Waals surface area contributed by atoms with Gasteiger partial charge < -0.3 is 26.0 Å². The summed E-state index contributed by atoms with van der Waals surface area (Å²) in [5.74, 6) is -1.60. The number of hydrogen-bond acceptors (Lipinski definition) is 5. The molecule has 0 bridgehead atoms. The van der Waals surface area contributed by atoms with Gasteiger partial charge in [-0.15, -0.1) is 0 Å². The number of nitrogens with one attached hydrogen (secondary N) is 2. The van der Waals surface area contributed by atoms with Crippen molar-refractivity contribution in [3.63, 3.8) is 0 Å². The number of nitrogens with two attached hydrogens (primary N) is 1. The topological polar surface area (TPSA) is 131 Å². The molecule has 0 spiro atoms. The molecule has 1 aromatic rings. The van der Waals surface area contributed by atoms with Gasteiger partial charge in [0, 0.05) is 13.1 Å². The number of benzene rings is 1. The highest BCUT2D eigenvalue weighted by molar-refractivity contribution is 5.94. The quantitative estimate of drug-likeness (QED) is 0.269. The monoisotopic (exact) mass is 532 g/mol. The number of carbonyl (C=O) groups is 4. The minimum atomic E-state index is -1.27. The van der Waals surface area contributed by atoms with E-state index in [2.05, 4.69) is 24.5 Å². The van der Waals surface area contributed by atoms with Gasteiger partial charge in [-0.2, -0.15) is 0 Å². The summed E-state index contributed by atoms with van der Waals surface area (Å²) >= 11 is 0. The third-order valence-corrected chi connectivity index (χ3v) is 6.05. The fourth-order valence-electron chi connectivity index (χ4n) is 4.15. The minimum absolute atomic E-state index is 0.283. The highest BCUT2D eigenvalue weighted by Gasteiger charge is 2.37. The van der Waals surface area contributed by atoms with Crippen LogP contribution in [0.1, 0.15) is 103 Å². The molecule has 0 aliphatic carbocycles. The highest BCUT2D eigenvalue weighted by Crippen LogP contribution is 2.26. The van der Waals surface area contributed by atoms with Crippen molar-refractivity contribution in [2.75, 3.05) is 13.1 Å². The van der Waals surface area contributed by atoms with Gasteiger partial charge in [0.25, 0.3) is 0 Å². The normalized spacial score (nSPS) is 12.8. The molecule has 9 heteroatoms. The molecule has 9 nitrogen and oxygen atoms in total. The molecule has 38 heavy (non-hydrogen) atoms. The molecule has 1 aromatic carbocycles. The Morgan fingerprint density at radius 3 is 2.18 bits per heavy atom. The first kappa shape index (κ1) is 32.9. The lowest BCUT2D eigenvalue weighted by Crippen LogP contribution is -2.54. The Bertz CT molecular complexity index is 912. The molecule has 2 unspecified atom stereocenters. The van der Waals surface area contributed by atoms with Crippen molar-refractivity contribution in [2.45, 2.75) is 111 Å². The Labute approximate surface area is 228 Å². The van der Waals surface area contributed by atoms with Crippen molar-refractivity contribution < 1.29 is 23.9 Å². The summed E-state index contributed by atoms with van der Waals surface area (Å²) in [5.41, 5.74) is 6.21. The number of primary amides is 1. The molecule has 0 fully saturated rings. The van der Waals surface area contributed by atoms with E-state index in [1.165, 1.54) is 4.90 Å². The maximum Gasteiger partial charge on any atom is 0.408 e. The fraction of sp³-hybridized carbons (Fsp3) is 0.655. The zero-order chi connectivity index (χ0) is 28.7. The number of rotatable bonds is 16. The molecule has 0 aliphatic heterocycles. The summed E-state index contributed by atoms with van der Waals surface area (Å²) in [5, 5.41) is 5.52. The predicted molar refractivity (Wildman–Crippen MR) is 149 cm³/mol. The number of nitrogens with zero attached hydrogens (tertiary/aromatic N) is 1. The van der Waals surface area contributed by atoms with Crippen LogP contribution in [0.25, 0.3) is 0 Å². The molecule has 0 aliphatic rings. The van der Waals surface area contributed by atoms with E-state index >= 15 is 0 Å². The van der Waals surface area contributed by atoms with Gasteiger partial charge in [0.15, 0.2) is 0 Å². The van der Waals surface area contributed by atoms with Crippen LogP contribution in [0.4, 0.5) is 4.79 Å². The van der Waals surface area contributed by atoms with Gasteiger partial charge in [-0.25, -0.2) is 4.79 Å². The van der Waals surface area contributed by atoms with Crippen LogP contribution in [0, 0.1) is 6.92 Å². The van der Waals surface area contributed by atoms with E-state index in [4.69, 9.17) is 10.5 Å². The molecule has 4 N–H and O–H groups in total. The Balaban J connectivity index is 3.45. The summed E-state index contributed by atoms with van der Waals surface area (Å²) in [6.45, 7) is 12.0. The fourth-order valence-corrected chi connectivity index (χ4v) is 4.15. The number of unbranched alkanes of at least 4 members (excludes halogenated alkanes) is 5. The van der Waals surface area contributed by atoms with Crippen molar-refractivity contribution in [1.29, 1.82) is 0 Å². The summed E-state index contributed by atoms with van der Waals surface area (Å²) < 4.78 is 5.33. The second-order valence-electron chi connectivity index (χ2n) is 10.7. The van der Waals surface area contributed by atoms with E-state index in [9.17, 15) is 19.2 Å². The third-order valence-electron chi connectivity index (χ3n) is 6.05. The van der Waals surface area contributed by atoms with Crippen LogP contribution < -0.4 is 16.4 Å². The average molecular weight is 533 g/mol. The molecule has 2 atom stereocenters. The van der Waals surface area contributed by atoms with E-state index < -0.39 is 42.0 Å². The summed E-state index contributed by atoms with van der Waals surface area (Å²) in [6, 6.07) is 5.24. The van der Waals surface area contributed by atoms with Gasteiger partial charge in [-0.1, -0.05) is 70.2 Å². The number of alkyl carbamates (subject to hydrolysis) is 1. The van der Waals surface area contributed by atoms with Crippen molar-refractivity contribution in [3.05, 3.63) is 35.4 Å². The van der Waals surface area contributed by atoms with Crippen molar-refractivity contribution in [3.8, 4) is 0 Å². The molecule has 0 aromatic heterocycles. The van der Waals surface area contributed by atoms with Crippen LogP contribution in [0.2, 0.25) is 0 Å². The van der Waals surface area contributed by atoms with Crippen molar-refractivity contribution in [1.82, 2.24) is 15.5 Å². The van der Waals surface area contributed by atoms with Gasteiger partial charge in [-0.3, -0.25) is 14.4 Å². The third kappa shape index (κ3) is 12.0. The number of hydrogen-bond donors (Lipinski definition) is 3. The van der Waals surface area contributed by atoms with E-state index in [0.29, 0.717) is 18.5 Å². The highest BCUT2D eigenvalue weighted by atomic mass is 16.6. The maximum atomic E-state index is 14.0. The largest absolute Gasteiger partial charge is 0.444 e. The number of carbonyl (C=O) groups excluding carboxylic acids is 4. The summed E-state index contributed by atoms with van der Waals surface area (Å²) in [4.78, 5) is 53.6. The number of amides is 4. The van der Waals surface area contributed by atoms with Gasteiger partial charge in [-0.05, 0) is 51.7 Å². The minimum Gasteiger partial charge on any atom is -0.444 e. The average Bonchev–Trinajstić information content (AvgIpc) is 2.82. The zero-order valence-corrected chi connectivity index (χ0v) is 24.1. The first-order valence-corrected chi connectivity index (χ1v) is 13.8. The van der Waals surface area contributed by atoms with Crippen LogP contribution in [-0.2, 0) is 19.1 Å². The van der Waals surface area contributed by atoms with E-state index in [-0.39, 0.29) is 12.5 Å². The first-order chi connectivity index (χ1) is 17.9. The second-order valence-corrected chi connectivity index (χ2v) is 10.7. The Morgan fingerprint density at radius 2 is 1.61 bits per heavy atom. The maximum absolute atomic E-state index is 14.0. The SMILES string of the molecule is CCCCCCN(C(=O)C(CC(N)=O)NC(=O)OC(C)(C)C)C(C(=O)NCCCCC)c1ccccc1C. The summed E-state index contributed by atoms with van der Waals surface area (Å²) in [7, 11) is 0. The molecule has 4 amide bonds. The Hall–Kier alpha value is -3.10. The molecule has 0 radical (unpaired) electrons. The van der Waals surface area contributed by atoms with E-state index in [1.54, 1.807) is 20.8 Å². The predicted octanol–water partition coefficient (Wildman–Crippen LogP) is 4.52. The van der Waals surface area contributed by atoms with Crippen molar-refractivity contribution >= 4 is 23.8 Å². The van der Waals surface area contributed by atoms with E-state index in [0.717, 1.165) is 44.1 Å². The lowest BCUT2D eigenvalue weighted by molar-refractivity contribution is -0.143. The van der Waals surface area contributed by atoms with Crippen LogP contribution in [0.3, 0.4) is 0 Å². The van der Waals surface area contributed by atoms with Crippen LogP contribution >= 0.6 is 0 Å². The van der Waals surface area contributed by atoms with E-state index in [1.807, 2.05) is 31.2 Å². The van der Waals surface area contributed by atoms with Gasteiger partial charge in [0.05, 0.1) is 6.42 Å². The lowest BCUT2D eigenvalue weighted by Gasteiger charge is -2.35. The molecule has 0 saturated heterocycles. The van der Waals surface area contributed by atoms with Gasteiger partial charge in [0.1, 0.15) is 17.7 Å². The molecular weight excluding hydrogens is 484 g/mol. The molecule has 0 heterocycles. The molecule has 1 rings (SSSR count). The molecule has 0 saturated carbocycles. The van der Waals surface area contributed by atoms with Crippen LogP contribution in [-0.4, -0.2) is 53.4 Å². The lowest BCUT2D eigenvalue weighted by atomic mass is 9.97. The summed E-state index contributed by atoms with van der Waals surface area (Å²) in [6.07, 6.45) is 5.12. The number of aryl methyl sites for hydroxylation is 1. The van der Waals surface area contributed by atoms with Gasteiger partial charge in [0.2, 0.25) is 17.7 Å². The molecular formula is C29H48N4O5. The first-order valence-electron chi connectivity index (χ1n) is 13.8. The Kier molecular flexibility index (Phi) is 14.5. The second kappa shape index (κ2) is 16.7.